The van der Waals surface area contributed by atoms with Gasteiger partial charge in [0.1, 0.15) is 0 Å². The predicted octanol–water partition coefficient (Wildman–Crippen LogP) is 2.29. The molecule has 2 nitrogen and oxygen atoms in total. The quantitative estimate of drug-likeness (QED) is 0.459. The van der Waals surface area contributed by atoms with Gasteiger partial charge >= 0.3 is 0 Å². The minimum absolute atomic E-state index is 0.529. The monoisotopic (exact) mass is 174 g/mol. The summed E-state index contributed by atoms with van der Waals surface area (Å²) in [7, 11) is 0. The molecule has 0 spiro atoms. The van der Waals surface area contributed by atoms with E-state index in [0.717, 1.165) is 18.8 Å². The summed E-state index contributed by atoms with van der Waals surface area (Å²) in [4.78, 5) is 0. The van der Waals surface area contributed by atoms with E-state index < -0.39 is 6.29 Å². The summed E-state index contributed by atoms with van der Waals surface area (Å²) >= 11 is 0. The molecule has 0 amide bonds. The van der Waals surface area contributed by atoms with Crippen LogP contribution in [0.4, 0.5) is 0 Å². The molecule has 0 saturated heterocycles. The lowest BCUT2D eigenvalue weighted by molar-refractivity contribution is -0.0466. The van der Waals surface area contributed by atoms with E-state index in [2.05, 4.69) is 13.8 Å². The Bertz CT molecular complexity index is 77.8. The van der Waals surface area contributed by atoms with Crippen molar-refractivity contribution in [2.24, 2.45) is 5.92 Å². The molecule has 0 aromatic heterocycles. The van der Waals surface area contributed by atoms with E-state index in [0.29, 0.717) is 6.42 Å². The van der Waals surface area contributed by atoms with E-state index in [1.807, 2.05) is 0 Å². The largest absolute Gasteiger partial charge is 0.368 e. The van der Waals surface area contributed by atoms with Crippen molar-refractivity contribution in [2.45, 2.75) is 58.7 Å². The maximum Gasteiger partial charge on any atom is 0.151 e. The highest BCUT2D eigenvalue weighted by Gasteiger charge is 1.97. The van der Waals surface area contributed by atoms with Crippen molar-refractivity contribution in [3.8, 4) is 0 Å². The Morgan fingerprint density at radius 3 is 1.75 bits per heavy atom. The maximum absolute atomic E-state index is 8.55. The van der Waals surface area contributed by atoms with E-state index in [9.17, 15) is 0 Å². The lowest BCUT2D eigenvalue weighted by Gasteiger charge is -2.04. The van der Waals surface area contributed by atoms with Crippen LogP contribution in [-0.2, 0) is 0 Å². The molecule has 2 N–H and O–H groups in total. The molecule has 0 rings (SSSR count). The van der Waals surface area contributed by atoms with Crippen LogP contribution in [0.5, 0.6) is 0 Å². The molecule has 0 aliphatic carbocycles. The fraction of sp³-hybridized carbons (Fsp3) is 1.00. The van der Waals surface area contributed by atoms with Gasteiger partial charge in [0.05, 0.1) is 0 Å². The highest BCUT2D eigenvalue weighted by molar-refractivity contribution is 4.48. The molecule has 0 radical (unpaired) electrons. The molecule has 0 aliphatic heterocycles. The Balaban J connectivity index is 2.91. The van der Waals surface area contributed by atoms with Gasteiger partial charge < -0.3 is 10.2 Å². The molecule has 12 heavy (non-hydrogen) atoms. The van der Waals surface area contributed by atoms with E-state index in [1.165, 1.54) is 19.3 Å². The lowest BCUT2D eigenvalue weighted by atomic mass is 10.0. The summed E-state index contributed by atoms with van der Waals surface area (Å²) < 4.78 is 0. The van der Waals surface area contributed by atoms with Crippen LogP contribution in [0.25, 0.3) is 0 Å². The first-order valence-electron chi connectivity index (χ1n) is 4.99. The normalized spacial score (nSPS) is 11.5. The van der Waals surface area contributed by atoms with Crippen LogP contribution in [-0.4, -0.2) is 16.5 Å². The van der Waals surface area contributed by atoms with E-state index >= 15 is 0 Å². The first kappa shape index (κ1) is 11.9. The second-order valence-electron chi connectivity index (χ2n) is 3.87. The van der Waals surface area contributed by atoms with Crippen molar-refractivity contribution in [2.75, 3.05) is 0 Å². The standard InChI is InChI=1S/C10H22O2/c1-9(2)7-5-3-4-6-8-10(11)12/h9-12H,3-8H2,1-2H3. The molecule has 0 aromatic carbocycles. The molecule has 0 saturated carbocycles. The number of aliphatic hydroxyl groups excluding tert-OH is 1. The molecule has 0 unspecified atom stereocenters. The second kappa shape index (κ2) is 7.56. The highest BCUT2D eigenvalue weighted by Crippen LogP contribution is 2.10. The average molecular weight is 174 g/mol. The number of unbranched alkanes of at least 4 members (excludes halogenated alkanes) is 3. The van der Waals surface area contributed by atoms with Crippen molar-refractivity contribution >= 4 is 0 Å². The Labute approximate surface area is 75.6 Å². The Morgan fingerprint density at radius 1 is 0.833 bits per heavy atom. The Kier molecular flexibility index (Phi) is 7.51. The highest BCUT2D eigenvalue weighted by atomic mass is 16.5. The minimum atomic E-state index is -1.10. The SMILES string of the molecule is CC(C)CCCCCCC(O)O. The summed E-state index contributed by atoms with van der Waals surface area (Å²) in [6, 6.07) is 0. The van der Waals surface area contributed by atoms with Gasteiger partial charge in [-0.1, -0.05) is 39.5 Å². The fourth-order valence-electron chi connectivity index (χ4n) is 1.23. The van der Waals surface area contributed by atoms with Crippen molar-refractivity contribution in [1.29, 1.82) is 0 Å². The van der Waals surface area contributed by atoms with E-state index in [1.54, 1.807) is 0 Å². The molecular weight excluding hydrogens is 152 g/mol. The molecule has 0 fully saturated rings. The molecule has 0 aliphatic rings. The fourth-order valence-corrected chi connectivity index (χ4v) is 1.23. The van der Waals surface area contributed by atoms with Gasteiger partial charge in [0.15, 0.2) is 6.29 Å². The predicted molar refractivity (Wildman–Crippen MR) is 50.8 cm³/mol. The van der Waals surface area contributed by atoms with Gasteiger partial charge in [-0.05, 0) is 18.8 Å². The van der Waals surface area contributed by atoms with Gasteiger partial charge in [-0.15, -0.1) is 0 Å². The zero-order valence-corrected chi connectivity index (χ0v) is 8.29. The van der Waals surface area contributed by atoms with E-state index in [4.69, 9.17) is 10.2 Å². The van der Waals surface area contributed by atoms with Gasteiger partial charge in [0.25, 0.3) is 0 Å². The molecule has 0 aromatic rings. The van der Waals surface area contributed by atoms with E-state index in [-0.39, 0.29) is 0 Å². The Morgan fingerprint density at radius 2 is 1.33 bits per heavy atom. The minimum Gasteiger partial charge on any atom is -0.368 e. The third-order valence-electron chi connectivity index (χ3n) is 1.99. The summed E-state index contributed by atoms with van der Waals surface area (Å²) in [5.74, 6) is 0.799. The first-order chi connectivity index (χ1) is 5.63. The van der Waals surface area contributed by atoms with Gasteiger partial charge in [-0.25, -0.2) is 0 Å². The number of hydrogen-bond acceptors (Lipinski definition) is 2. The van der Waals surface area contributed by atoms with Crippen molar-refractivity contribution in [3.05, 3.63) is 0 Å². The molecule has 0 bridgehead atoms. The average Bonchev–Trinajstić information content (AvgIpc) is 1.95. The molecule has 2 heteroatoms. The number of hydrogen-bond donors (Lipinski definition) is 2. The van der Waals surface area contributed by atoms with Crippen LogP contribution in [0.2, 0.25) is 0 Å². The van der Waals surface area contributed by atoms with Gasteiger partial charge in [0, 0.05) is 0 Å². The van der Waals surface area contributed by atoms with Crippen LogP contribution < -0.4 is 0 Å². The topological polar surface area (TPSA) is 40.5 Å². The first-order valence-corrected chi connectivity index (χ1v) is 4.99. The van der Waals surface area contributed by atoms with Gasteiger partial charge in [-0.3, -0.25) is 0 Å². The third-order valence-corrected chi connectivity index (χ3v) is 1.99. The summed E-state index contributed by atoms with van der Waals surface area (Å²) in [6.45, 7) is 4.47. The summed E-state index contributed by atoms with van der Waals surface area (Å²) in [5.41, 5.74) is 0. The lowest BCUT2D eigenvalue weighted by Crippen LogP contribution is -2.02. The van der Waals surface area contributed by atoms with Crippen LogP contribution in [0.15, 0.2) is 0 Å². The number of aliphatic hydroxyl groups is 2. The number of rotatable bonds is 7. The molecule has 0 atom stereocenters. The van der Waals surface area contributed by atoms with Crippen molar-refractivity contribution in [3.63, 3.8) is 0 Å². The van der Waals surface area contributed by atoms with Gasteiger partial charge in [0.2, 0.25) is 0 Å². The van der Waals surface area contributed by atoms with Crippen molar-refractivity contribution in [1.82, 2.24) is 0 Å². The maximum atomic E-state index is 8.55. The zero-order valence-electron chi connectivity index (χ0n) is 8.29. The molecular formula is C10H22O2. The van der Waals surface area contributed by atoms with Gasteiger partial charge in [-0.2, -0.15) is 0 Å². The molecule has 74 valence electrons. The van der Waals surface area contributed by atoms with Crippen molar-refractivity contribution < 1.29 is 10.2 Å². The van der Waals surface area contributed by atoms with Crippen LogP contribution >= 0.6 is 0 Å². The summed E-state index contributed by atoms with van der Waals surface area (Å²) in [6.07, 6.45) is 5.29. The zero-order chi connectivity index (χ0) is 9.40. The smallest absolute Gasteiger partial charge is 0.151 e. The third kappa shape index (κ3) is 9.92. The molecule has 0 heterocycles. The van der Waals surface area contributed by atoms with Crippen LogP contribution in [0.3, 0.4) is 0 Å². The Hall–Kier alpha value is -0.0800. The van der Waals surface area contributed by atoms with Crippen LogP contribution in [0, 0.1) is 5.92 Å². The summed E-state index contributed by atoms with van der Waals surface area (Å²) in [5, 5.41) is 17.1. The van der Waals surface area contributed by atoms with Crippen LogP contribution in [0.1, 0.15) is 52.4 Å². The second-order valence-corrected chi connectivity index (χ2v) is 3.87.